The van der Waals surface area contributed by atoms with Gasteiger partial charge >= 0.3 is 41.5 Å². The molecule has 31 heavy (non-hydrogen) atoms. The van der Waals surface area contributed by atoms with Gasteiger partial charge in [-0.3, -0.25) is 9.59 Å². The first kappa shape index (κ1) is 32.8. The zero-order chi connectivity index (χ0) is 22.7. The predicted octanol–water partition coefficient (Wildman–Crippen LogP) is 1.66. The van der Waals surface area contributed by atoms with Gasteiger partial charge in [0.25, 0.3) is 0 Å². The summed E-state index contributed by atoms with van der Waals surface area (Å²) in [6, 6.07) is 0. The third-order valence-electron chi connectivity index (χ3n) is 4.78. The molecule has 0 N–H and O–H groups in total. The summed E-state index contributed by atoms with van der Waals surface area (Å²) in [5, 5.41) is -2.07. The van der Waals surface area contributed by atoms with Crippen molar-refractivity contribution in [2.75, 3.05) is 13.2 Å². The van der Waals surface area contributed by atoms with Crippen LogP contribution in [0.25, 0.3) is 0 Å². The van der Waals surface area contributed by atoms with Crippen molar-refractivity contribution in [3.63, 3.8) is 0 Å². The molecule has 0 saturated heterocycles. The van der Waals surface area contributed by atoms with E-state index in [2.05, 4.69) is 11.7 Å². The molecule has 9 heteroatoms. The number of esters is 2. The number of unbranched alkanes of at least 4 members (excludes halogenated alkanes) is 11. The largest absolute Gasteiger partial charge is 1.00 e. The van der Waals surface area contributed by atoms with Gasteiger partial charge < -0.3 is 14.0 Å². The Labute approximate surface area is 210 Å². The standard InChI is InChI=1S/C22H40O7S.Na/c1-3-5-7-8-9-10-11-12-13-14-15-16-18-28-21(23)19-20(30(25,26)27)22(24)29-17-6-4-2;/h4,6,20H,3,5,7-19H2,1-2H3,(H,25,26,27);/q;+1/p-1/b6-4+;. The van der Waals surface area contributed by atoms with Crippen molar-refractivity contribution in [2.45, 2.75) is 103 Å². The first-order valence-corrected chi connectivity index (χ1v) is 12.7. The summed E-state index contributed by atoms with van der Waals surface area (Å²) in [5.41, 5.74) is 0. The van der Waals surface area contributed by atoms with Crippen LogP contribution in [0.2, 0.25) is 0 Å². The number of hydrogen-bond acceptors (Lipinski definition) is 7. The molecule has 0 radical (unpaired) electrons. The van der Waals surface area contributed by atoms with Crippen LogP contribution in [0.3, 0.4) is 0 Å². The van der Waals surface area contributed by atoms with Gasteiger partial charge in [-0.1, -0.05) is 89.7 Å². The van der Waals surface area contributed by atoms with Gasteiger partial charge in [0.15, 0.2) is 5.25 Å². The maximum Gasteiger partial charge on any atom is 1.00 e. The minimum atomic E-state index is -5.00. The minimum Gasteiger partial charge on any atom is -0.747 e. The molecule has 1 atom stereocenters. The predicted molar refractivity (Wildman–Crippen MR) is 116 cm³/mol. The van der Waals surface area contributed by atoms with E-state index in [1.54, 1.807) is 13.0 Å². The van der Waals surface area contributed by atoms with E-state index in [4.69, 9.17) is 4.74 Å². The number of allylic oxidation sites excluding steroid dienone is 1. The Bertz CT molecular complexity index is 591. The van der Waals surface area contributed by atoms with Gasteiger partial charge in [0.05, 0.1) is 13.0 Å². The van der Waals surface area contributed by atoms with E-state index in [9.17, 15) is 22.6 Å². The first-order chi connectivity index (χ1) is 14.3. The van der Waals surface area contributed by atoms with Gasteiger partial charge in [-0.05, 0) is 13.3 Å². The number of carbonyl (C=O) groups excluding carboxylic acids is 2. The van der Waals surface area contributed by atoms with Gasteiger partial charge in [0.1, 0.15) is 16.7 Å². The fourth-order valence-electron chi connectivity index (χ4n) is 2.96. The molecule has 0 rings (SSSR count). The second kappa shape index (κ2) is 21.4. The maximum absolute atomic E-state index is 11.8. The van der Waals surface area contributed by atoms with Crippen LogP contribution in [0, 0.1) is 0 Å². The van der Waals surface area contributed by atoms with Crippen LogP contribution >= 0.6 is 0 Å². The fraction of sp³-hybridized carbons (Fsp3) is 0.818. The number of hydrogen-bond donors (Lipinski definition) is 0. The number of ether oxygens (including phenoxy) is 2. The molecule has 0 bridgehead atoms. The van der Waals surface area contributed by atoms with E-state index in [0.717, 1.165) is 19.3 Å². The Morgan fingerprint density at radius 3 is 1.81 bits per heavy atom. The van der Waals surface area contributed by atoms with Crippen molar-refractivity contribution in [1.29, 1.82) is 0 Å². The number of rotatable bonds is 19. The van der Waals surface area contributed by atoms with Gasteiger partial charge in [-0.2, -0.15) is 0 Å². The summed E-state index contributed by atoms with van der Waals surface area (Å²) in [6.07, 6.45) is 16.4. The zero-order valence-electron chi connectivity index (χ0n) is 19.6. The molecule has 0 amide bonds. The van der Waals surface area contributed by atoms with Crippen molar-refractivity contribution in [3.05, 3.63) is 12.2 Å². The molecule has 0 spiro atoms. The molecule has 0 heterocycles. The normalized spacial score (nSPS) is 12.4. The average Bonchev–Trinajstić information content (AvgIpc) is 2.69. The molecule has 0 saturated carbocycles. The van der Waals surface area contributed by atoms with E-state index < -0.39 is 33.7 Å². The molecule has 0 aliphatic heterocycles. The van der Waals surface area contributed by atoms with Crippen LogP contribution < -0.4 is 29.6 Å². The van der Waals surface area contributed by atoms with E-state index in [-0.39, 0.29) is 42.8 Å². The molecular formula is C22H39NaO7S. The van der Waals surface area contributed by atoms with Crippen molar-refractivity contribution in [2.24, 2.45) is 0 Å². The summed E-state index contributed by atoms with van der Waals surface area (Å²) in [5.74, 6) is -2.11. The van der Waals surface area contributed by atoms with Crippen LogP contribution in [0.5, 0.6) is 0 Å². The van der Waals surface area contributed by atoms with E-state index >= 15 is 0 Å². The minimum absolute atomic E-state index is 0. The molecule has 0 aromatic heterocycles. The molecule has 0 aromatic rings. The monoisotopic (exact) mass is 470 g/mol. The summed E-state index contributed by atoms with van der Waals surface area (Å²) in [6.45, 7) is 3.91. The molecule has 0 fully saturated rings. The zero-order valence-corrected chi connectivity index (χ0v) is 22.4. The van der Waals surface area contributed by atoms with Crippen LogP contribution in [0.15, 0.2) is 12.2 Å². The van der Waals surface area contributed by atoms with Gasteiger partial charge in [0, 0.05) is 0 Å². The van der Waals surface area contributed by atoms with Crippen LogP contribution in [-0.2, 0) is 29.2 Å². The van der Waals surface area contributed by atoms with Gasteiger partial charge in [-0.15, -0.1) is 0 Å². The third-order valence-corrected chi connectivity index (χ3v) is 5.84. The number of carbonyl (C=O) groups is 2. The second-order valence-corrected chi connectivity index (χ2v) is 9.05. The van der Waals surface area contributed by atoms with Gasteiger partial charge in [-0.25, -0.2) is 8.42 Å². The van der Waals surface area contributed by atoms with E-state index in [1.807, 2.05) is 0 Å². The summed E-state index contributed by atoms with van der Waals surface area (Å²) < 4.78 is 43.4. The third kappa shape index (κ3) is 20.0. The Kier molecular flexibility index (Phi) is 22.7. The smallest absolute Gasteiger partial charge is 0.747 e. The van der Waals surface area contributed by atoms with E-state index in [1.165, 1.54) is 57.4 Å². The van der Waals surface area contributed by atoms with Gasteiger partial charge in [0.2, 0.25) is 0 Å². The maximum atomic E-state index is 11.8. The Hall–Kier alpha value is -0.410. The molecule has 0 aliphatic carbocycles. The summed E-state index contributed by atoms with van der Waals surface area (Å²) >= 11 is 0. The summed E-state index contributed by atoms with van der Waals surface area (Å²) in [7, 11) is -5.00. The molecule has 1 unspecified atom stereocenters. The topological polar surface area (TPSA) is 110 Å². The van der Waals surface area contributed by atoms with Crippen molar-refractivity contribution in [1.82, 2.24) is 0 Å². The SMILES string of the molecule is C/C=C/COC(=O)C(CC(=O)OCCCCCCCCCCCCCC)S(=O)(=O)[O-].[Na+]. The van der Waals surface area contributed by atoms with Crippen molar-refractivity contribution < 1.29 is 61.6 Å². The fourth-order valence-corrected chi connectivity index (χ4v) is 3.61. The van der Waals surface area contributed by atoms with Crippen molar-refractivity contribution in [3.8, 4) is 0 Å². The van der Waals surface area contributed by atoms with Crippen LogP contribution in [0.1, 0.15) is 97.3 Å². The quantitative estimate of drug-likeness (QED) is 0.0928. The molecule has 0 aliphatic rings. The molecule has 176 valence electrons. The van der Waals surface area contributed by atoms with Crippen LogP contribution in [0.4, 0.5) is 0 Å². The average molecular weight is 471 g/mol. The Balaban J connectivity index is 0. The molecule has 7 nitrogen and oxygen atoms in total. The molecule has 0 aromatic carbocycles. The Morgan fingerprint density at radius 1 is 0.871 bits per heavy atom. The van der Waals surface area contributed by atoms with E-state index in [0.29, 0.717) is 6.42 Å². The molecular weight excluding hydrogens is 431 g/mol. The summed E-state index contributed by atoms with van der Waals surface area (Å²) in [4.78, 5) is 23.5. The Morgan fingerprint density at radius 2 is 1.35 bits per heavy atom. The second-order valence-electron chi connectivity index (χ2n) is 7.49. The van der Waals surface area contributed by atoms with Crippen molar-refractivity contribution >= 4 is 22.1 Å². The van der Waals surface area contributed by atoms with Crippen LogP contribution in [-0.4, -0.2) is 43.4 Å². The first-order valence-electron chi connectivity index (χ1n) is 11.2.